The monoisotopic (exact) mass is 264 g/mol. The Morgan fingerprint density at radius 2 is 1.95 bits per heavy atom. The summed E-state index contributed by atoms with van der Waals surface area (Å²) >= 11 is 0. The van der Waals surface area contributed by atoms with Crippen LogP contribution in [0.15, 0.2) is 24.3 Å². The van der Waals surface area contributed by atoms with Crippen LogP contribution in [0.4, 0.5) is 4.39 Å². The molecule has 19 heavy (non-hydrogen) atoms. The first-order chi connectivity index (χ1) is 9.10. The van der Waals surface area contributed by atoms with Gasteiger partial charge in [-0.2, -0.15) is 0 Å². The fraction of sp³-hybridized carbons (Fsp3) is 0.533. The van der Waals surface area contributed by atoms with E-state index < -0.39 is 0 Å². The SMILES string of the molecule is CC1(C(=O)NCCc2ccc(F)cc2)CCNCC1. The summed E-state index contributed by atoms with van der Waals surface area (Å²) in [7, 11) is 0. The van der Waals surface area contributed by atoms with E-state index in [0.29, 0.717) is 6.54 Å². The van der Waals surface area contributed by atoms with E-state index in [1.165, 1.54) is 12.1 Å². The number of nitrogens with one attached hydrogen (secondary N) is 2. The maximum Gasteiger partial charge on any atom is 0.226 e. The molecule has 1 saturated heterocycles. The average Bonchev–Trinajstić information content (AvgIpc) is 2.42. The first-order valence-electron chi connectivity index (χ1n) is 6.84. The zero-order valence-electron chi connectivity index (χ0n) is 11.3. The van der Waals surface area contributed by atoms with Gasteiger partial charge in [-0.15, -0.1) is 0 Å². The Labute approximate surface area is 113 Å². The van der Waals surface area contributed by atoms with Gasteiger partial charge in [-0.05, 0) is 50.0 Å². The molecule has 1 heterocycles. The van der Waals surface area contributed by atoms with Gasteiger partial charge in [0, 0.05) is 12.0 Å². The standard InChI is InChI=1S/C15H21FN2O/c1-15(7-10-17-11-8-15)14(19)18-9-6-12-2-4-13(16)5-3-12/h2-5,17H,6-11H2,1H3,(H,18,19). The van der Waals surface area contributed by atoms with Crippen LogP contribution < -0.4 is 10.6 Å². The summed E-state index contributed by atoms with van der Waals surface area (Å²) in [5, 5.41) is 6.26. The smallest absolute Gasteiger partial charge is 0.226 e. The van der Waals surface area contributed by atoms with Gasteiger partial charge in [0.25, 0.3) is 0 Å². The molecule has 1 amide bonds. The molecule has 0 aromatic heterocycles. The van der Waals surface area contributed by atoms with Crippen molar-refractivity contribution in [2.24, 2.45) is 5.41 Å². The lowest BCUT2D eigenvalue weighted by Gasteiger charge is -2.32. The predicted molar refractivity (Wildman–Crippen MR) is 73.3 cm³/mol. The second-order valence-electron chi connectivity index (χ2n) is 5.44. The Hall–Kier alpha value is -1.42. The minimum absolute atomic E-state index is 0.135. The highest BCUT2D eigenvalue weighted by Gasteiger charge is 2.33. The quantitative estimate of drug-likeness (QED) is 0.871. The molecule has 0 bridgehead atoms. The molecule has 1 fully saturated rings. The summed E-state index contributed by atoms with van der Waals surface area (Å²) in [5.74, 6) is -0.0916. The molecule has 1 aliphatic heterocycles. The number of halogens is 1. The lowest BCUT2D eigenvalue weighted by molar-refractivity contribution is -0.131. The van der Waals surface area contributed by atoms with Gasteiger partial charge in [-0.3, -0.25) is 4.79 Å². The number of amides is 1. The van der Waals surface area contributed by atoms with E-state index in [-0.39, 0.29) is 17.1 Å². The van der Waals surface area contributed by atoms with E-state index in [0.717, 1.165) is 37.9 Å². The third-order valence-electron chi connectivity index (χ3n) is 3.87. The summed E-state index contributed by atoms with van der Waals surface area (Å²) in [4.78, 5) is 12.2. The number of carbonyl (C=O) groups is 1. The summed E-state index contributed by atoms with van der Waals surface area (Å²) in [6.07, 6.45) is 2.51. The van der Waals surface area contributed by atoms with Gasteiger partial charge in [0.15, 0.2) is 0 Å². The first kappa shape index (κ1) is 14.0. The second-order valence-corrected chi connectivity index (χ2v) is 5.44. The minimum atomic E-state index is -0.242. The number of piperidine rings is 1. The molecule has 1 aliphatic rings. The van der Waals surface area contributed by atoms with Gasteiger partial charge < -0.3 is 10.6 Å². The zero-order chi connectivity index (χ0) is 13.7. The Kier molecular flexibility index (Phi) is 4.53. The number of benzene rings is 1. The molecule has 4 heteroatoms. The molecule has 3 nitrogen and oxygen atoms in total. The molecule has 1 aromatic carbocycles. The van der Waals surface area contributed by atoms with E-state index in [9.17, 15) is 9.18 Å². The third kappa shape index (κ3) is 3.77. The van der Waals surface area contributed by atoms with Crippen LogP contribution in [0.5, 0.6) is 0 Å². The van der Waals surface area contributed by atoms with E-state index in [4.69, 9.17) is 0 Å². The van der Waals surface area contributed by atoms with Crippen LogP contribution in [0.3, 0.4) is 0 Å². The predicted octanol–water partition coefficient (Wildman–Crippen LogP) is 1.87. The molecular formula is C15H21FN2O. The van der Waals surface area contributed by atoms with Crippen LogP contribution in [-0.4, -0.2) is 25.5 Å². The number of hydrogen-bond donors (Lipinski definition) is 2. The van der Waals surface area contributed by atoms with Gasteiger partial charge in [0.1, 0.15) is 5.82 Å². The molecule has 0 saturated carbocycles. The summed E-state index contributed by atoms with van der Waals surface area (Å²) in [6, 6.07) is 6.41. The van der Waals surface area contributed by atoms with E-state index >= 15 is 0 Å². The number of rotatable bonds is 4. The molecule has 0 spiro atoms. The van der Waals surface area contributed by atoms with Crippen LogP contribution in [-0.2, 0) is 11.2 Å². The fourth-order valence-corrected chi connectivity index (χ4v) is 2.39. The lowest BCUT2D eigenvalue weighted by atomic mass is 9.80. The largest absolute Gasteiger partial charge is 0.355 e. The molecule has 0 aliphatic carbocycles. The van der Waals surface area contributed by atoms with Gasteiger partial charge in [-0.1, -0.05) is 19.1 Å². The number of hydrogen-bond acceptors (Lipinski definition) is 2. The van der Waals surface area contributed by atoms with Crippen molar-refractivity contribution in [3.8, 4) is 0 Å². The highest BCUT2D eigenvalue weighted by molar-refractivity contribution is 5.82. The van der Waals surface area contributed by atoms with Crippen molar-refractivity contribution in [2.75, 3.05) is 19.6 Å². The summed E-state index contributed by atoms with van der Waals surface area (Å²) < 4.78 is 12.8. The van der Waals surface area contributed by atoms with E-state index in [1.807, 2.05) is 6.92 Å². The van der Waals surface area contributed by atoms with Crippen LogP contribution in [0.1, 0.15) is 25.3 Å². The van der Waals surface area contributed by atoms with Crippen LogP contribution in [0, 0.1) is 11.2 Å². The molecule has 2 rings (SSSR count). The van der Waals surface area contributed by atoms with Gasteiger partial charge in [0.2, 0.25) is 5.91 Å². The van der Waals surface area contributed by atoms with Crippen molar-refractivity contribution in [1.82, 2.24) is 10.6 Å². The van der Waals surface area contributed by atoms with Gasteiger partial charge in [0.05, 0.1) is 0 Å². The van der Waals surface area contributed by atoms with Crippen LogP contribution >= 0.6 is 0 Å². The molecule has 0 unspecified atom stereocenters. The Morgan fingerprint density at radius 1 is 1.32 bits per heavy atom. The van der Waals surface area contributed by atoms with Crippen LogP contribution in [0.2, 0.25) is 0 Å². The molecule has 0 radical (unpaired) electrons. The zero-order valence-corrected chi connectivity index (χ0v) is 11.3. The van der Waals surface area contributed by atoms with Crippen molar-refractivity contribution in [3.63, 3.8) is 0 Å². The Balaban J connectivity index is 1.78. The highest BCUT2D eigenvalue weighted by atomic mass is 19.1. The van der Waals surface area contributed by atoms with Crippen molar-refractivity contribution in [3.05, 3.63) is 35.6 Å². The van der Waals surface area contributed by atoms with Crippen molar-refractivity contribution < 1.29 is 9.18 Å². The van der Waals surface area contributed by atoms with Gasteiger partial charge in [-0.25, -0.2) is 4.39 Å². The van der Waals surface area contributed by atoms with Crippen molar-refractivity contribution in [1.29, 1.82) is 0 Å². The topological polar surface area (TPSA) is 41.1 Å². The first-order valence-corrected chi connectivity index (χ1v) is 6.84. The second kappa shape index (κ2) is 6.15. The molecule has 0 atom stereocenters. The van der Waals surface area contributed by atoms with Gasteiger partial charge >= 0.3 is 0 Å². The molecular weight excluding hydrogens is 243 g/mol. The molecule has 104 valence electrons. The molecule has 1 aromatic rings. The van der Waals surface area contributed by atoms with E-state index in [2.05, 4.69) is 10.6 Å². The summed E-state index contributed by atoms with van der Waals surface area (Å²) in [6.45, 7) is 4.44. The average molecular weight is 264 g/mol. The van der Waals surface area contributed by atoms with Crippen molar-refractivity contribution in [2.45, 2.75) is 26.2 Å². The maximum absolute atomic E-state index is 12.8. The fourth-order valence-electron chi connectivity index (χ4n) is 2.39. The van der Waals surface area contributed by atoms with Crippen LogP contribution in [0.25, 0.3) is 0 Å². The van der Waals surface area contributed by atoms with E-state index in [1.54, 1.807) is 12.1 Å². The third-order valence-corrected chi connectivity index (χ3v) is 3.87. The number of carbonyl (C=O) groups excluding carboxylic acids is 1. The Bertz CT molecular complexity index is 424. The minimum Gasteiger partial charge on any atom is -0.355 e. The van der Waals surface area contributed by atoms with Crippen molar-refractivity contribution >= 4 is 5.91 Å². The summed E-state index contributed by atoms with van der Waals surface area (Å²) in [5.41, 5.74) is 0.797. The Morgan fingerprint density at radius 3 is 2.58 bits per heavy atom. The highest BCUT2D eigenvalue weighted by Crippen LogP contribution is 2.27. The maximum atomic E-state index is 12.8. The molecule has 2 N–H and O–H groups in total. The lowest BCUT2D eigenvalue weighted by Crippen LogP contribution is -2.46. The normalized spacial score (nSPS) is 18.0.